The van der Waals surface area contributed by atoms with Gasteiger partial charge in [-0.05, 0) is 48.9 Å². The molecule has 0 radical (unpaired) electrons. The molecule has 1 amide bonds. The van der Waals surface area contributed by atoms with E-state index in [4.69, 9.17) is 9.47 Å². The predicted octanol–water partition coefficient (Wildman–Crippen LogP) is 3.83. The average Bonchev–Trinajstić information content (AvgIpc) is 2.62. The summed E-state index contributed by atoms with van der Waals surface area (Å²) in [6, 6.07) is 10.8. The highest BCUT2D eigenvalue weighted by molar-refractivity contribution is 5.95. The van der Waals surface area contributed by atoms with Crippen LogP contribution in [0.4, 0.5) is 18.9 Å². The standard InChI is InChI=1S/C19H18F3NO4/c1-12(27-17(24)11-13-3-9-16(26-2)10-4-13)18(25)23-15-7-5-14(6-8-15)19(20,21)22/h3-10,12H,11H2,1-2H3,(H,23,25)/t12-/m1/s1. The van der Waals surface area contributed by atoms with Gasteiger partial charge < -0.3 is 14.8 Å². The number of carbonyl (C=O) groups is 2. The van der Waals surface area contributed by atoms with E-state index in [1.54, 1.807) is 24.3 Å². The van der Waals surface area contributed by atoms with E-state index in [0.29, 0.717) is 11.3 Å². The molecule has 0 heterocycles. The van der Waals surface area contributed by atoms with Crippen molar-refractivity contribution in [3.8, 4) is 5.75 Å². The van der Waals surface area contributed by atoms with Crippen LogP contribution in [0.15, 0.2) is 48.5 Å². The molecule has 0 spiro atoms. The lowest BCUT2D eigenvalue weighted by atomic mass is 10.1. The van der Waals surface area contributed by atoms with E-state index in [1.807, 2.05) is 0 Å². The van der Waals surface area contributed by atoms with Gasteiger partial charge in [0, 0.05) is 5.69 Å². The van der Waals surface area contributed by atoms with Crippen LogP contribution < -0.4 is 10.1 Å². The first-order valence-electron chi connectivity index (χ1n) is 7.99. The van der Waals surface area contributed by atoms with Gasteiger partial charge in [0.05, 0.1) is 19.1 Å². The van der Waals surface area contributed by atoms with Gasteiger partial charge in [-0.2, -0.15) is 13.2 Å². The minimum atomic E-state index is -4.45. The summed E-state index contributed by atoms with van der Waals surface area (Å²) in [5.41, 5.74) is 0.0432. The molecule has 5 nitrogen and oxygen atoms in total. The van der Waals surface area contributed by atoms with Crippen molar-refractivity contribution < 1.29 is 32.2 Å². The second-order valence-corrected chi connectivity index (χ2v) is 5.72. The van der Waals surface area contributed by atoms with Crippen LogP contribution in [0, 0.1) is 0 Å². The van der Waals surface area contributed by atoms with E-state index in [-0.39, 0.29) is 12.1 Å². The first-order chi connectivity index (χ1) is 12.7. The number of halogens is 3. The maximum absolute atomic E-state index is 12.5. The molecule has 0 aliphatic rings. The largest absolute Gasteiger partial charge is 0.497 e. The number of hydrogen-bond acceptors (Lipinski definition) is 4. The zero-order chi connectivity index (χ0) is 20.0. The van der Waals surface area contributed by atoms with Crippen LogP contribution in [0.5, 0.6) is 5.75 Å². The second kappa shape index (κ2) is 8.57. The summed E-state index contributed by atoms with van der Waals surface area (Å²) in [6.45, 7) is 1.38. The first-order valence-corrected chi connectivity index (χ1v) is 7.99. The van der Waals surface area contributed by atoms with Crippen molar-refractivity contribution in [3.05, 3.63) is 59.7 Å². The van der Waals surface area contributed by atoms with Crippen LogP contribution >= 0.6 is 0 Å². The molecular weight excluding hydrogens is 363 g/mol. The number of benzene rings is 2. The monoisotopic (exact) mass is 381 g/mol. The summed E-state index contributed by atoms with van der Waals surface area (Å²) in [5.74, 6) is -0.593. The lowest BCUT2D eigenvalue weighted by molar-refractivity contribution is -0.152. The van der Waals surface area contributed by atoms with Gasteiger partial charge in [0.25, 0.3) is 5.91 Å². The Morgan fingerprint density at radius 1 is 1.04 bits per heavy atom. The number of ether oxygens (including phenoxy) is 2. The van der Waals surface area contributed by atoms with E-state index in [2.05, 4.69) is 5.32 Å². The smallest absolute Gasteiger partial charge is 0.416 e. The van der Waals surface area contributed by atoms with Crippen LogP contribution in [0.25, 0.3) is 0 Å². The Labute approximate surface area is 154 Å². The number of alkyl halides is 3. The lowest BCUT2D eigenvalue weighted by Crippen LogP contribution is -2.30. The molecular formula is C19H18F3NO4. The van der Waals surface area contributed by atoms with Gasteiger partial charge >= 0.3 is 12.1 Å². The molecule has 0 aliphatic heterocycles. The van der Waals surface area contributed by atoms with E-state index < -0.39 is 29.7 Å². The van der Waals surface area contributed by atoms with E-state index >= 15 is 0 Å². The molecule has 1 atom stereocenters. The van der Waals surface area contributed by atoms with Crippen LogP contribution in [-0.2, 0) is 26.9 Å². The van der Waals surface area contributed by atoms with Crippen molar-refractivity contribution in [2.24, 2.45) is 0 Å². The first kappa shape index (κ1) is 20.3. The number of carbonyl (C=O) groups excluding carboxylic acids is 2. The fraction of sp³-hybridized carbons (Fsp3) is 0.263. The normalized spacial score (nSPS) is 12.2. The highest BCUT2D eigenvalue weighted by Crippen LogP contribution is 2.29. The van der Waals surface area contributed by atoms with Crippen LogP contribution in [0.3, 0.4) is 0 Å². The Balaban J connectivity index is 1.87. The number of amides is 1. The Morgan fingerprint density at radius 3 is 2.15 bits per heavy atom. The number of methoxy groups -OCH3 is 1. The summed E-state index contributed by atoms with van der Waals surface area (Å²) in [5, 5.41) is 2.40. The zero-order valence-electron chi connectivity index (χ0n) is 14.7. The van der Waals surface area contributed by atoms with Crippen LogP contribution in [0.1, 0.15) is 18.1 Å². The van der Waals surface area contributed by atoms with Gasteiger partial charge in [-0.25, -0.2) is 0 Å². The molecule has 0 saturated heterocycles. The van der Waals surface area contributed by atoms with Crippen molar-refractivity contribution in [2.45, 2.75) is 25.6 Å². The molecule has 8 heteroatoms. The van der Waals surface area contributed by atoms with Crippen molar-refractivity contribution in [1.29, 1.82) is 0 Å². The highest BCUT2D eigenvalue weighted by atomic mass is 19.4. The Hall–Kier alpha value is -3.03. The van der Waals surface area contributed by atoms with Crippen molar-refractivity contribution in [3.63, 3.8) is 0 Å². The summed E-state index contributed by atoms with van der Waals surface area (Å²) < 4.78 is 47.7. The van der Waals surface area contributed by atoms with Gasteiger partial charge in [-0.3, -0.25) is 9.59 Å². The lowest BCUT2D eigenvalue weighted by Gasteiger charge is -2.14. The van der Waals surface area contributed by atoms with Crippen LogP contribution in [0.2, 0.25) is 0 Å². The minimum Gasteiger partial charge on any atom is -0.497 e. The van der Waals surface area contributed by atoms with Gasteiger partial charge in [-0.1, -0.05) is 12.1 Å². The van der Waals surface area contributed by atoms with Crippen molar-refractivity contribution in [2.75, 3.05) is 12.4 Å². The van der Waals surface area contributed by atoms with Gasteiger partial charge in [0.15, 0.2) is 6.10 Å². The average molecular weight is 381 g/mol. The molecule has 2 aromatic carbocycles. The predicted molar refractivity (Wildman–Crippen MR) is 92.3 cm³/mol. The molecule has 2 aromatic rings. The highest BCUT2D eigenvalue weighted by Gasteiger charge is 2.30. The molecule has 0 bridgehead atoms. The maximum Gasteiger partial charge on any atom is 0.416 e. The topological polar surface area (TPSA) is 64.6 Å². The summed E-state index contributed by atoms with van der Waals surface area (Å²) in [6.07, 6.45) is -5.58. The number of anilines is 1. The van der Waals surface area contributed by atoms with Gasteiger partial charge in [0.1, 0.15) is 5.75 Å². The summed E-state index contributed by atoms with van der Waals surface area (Å²) in [7, 11) is 1.53. The Bertz CT molecular complexity index is 786. The van der Waals surface area contributed by atoms with E-state index in [9.17, 15) is 22.8 Å². The number of hydrogen-bond donors (Lipinski definition) is 1. The molecule has 0 saturated carbocycles. The number of rotatable bonds is 6. The van der Waals surface area contributed by atoms with Gasteiger partial charge in [-0.15, -0.1) is 0 Å². The molecule has 0 aromatic heterocycles. The van der Waals surface area contributed by atoms with Gasteiger partial charge in [0.2, 0.25) is 0 Å². The van der Waals surface area contributed by atoms with Crippen molar-refractivity contribution >= 4 is 17.6 Å². The fourth-order valence-electron chi connectivity index (χ4n) is 2.19. The third kappa shape index (κ3) is 6.02. The fourth-order valence-corrected chi connectivity index (χ4v) is 2.19. The zero-order valence-corrected chi connectivity index (χ0v) is 14.7. The number of nitrogens with one attached hydrogen (secondary N) is 1. The molecule has 0 aliphatic carbocycles. The second-order valence-electron chi connectivity index (χ2n) is 5.72. The molecule has 2 rings (SSSR count). The third-order valence-electron chi connectivity index (χ3n) is 3.66. The Morgan fingerprint density at radius 2 is 1.63 bits per heavy atom. The Kier molecular flexibility index (Phi) is 6.44. The molecule has 0 fully saturated rings. The van der Waals surface area contributed by atoms with Crippen LogP contribution in [-0.4, -0.2) is 25.1 Å². The third-order valence-corrected chi connectivity index (χ3v) is 3.66. The van der Waals surface area contributed by atoms with E-state index in [1.165, 1.54) is 14.0 Å². The maximum atomic E-state index is 12.5. The molecule has 144 valence electrons. The SMILES string of the molecule is COc1ccc(CC(=O)O[C@H](C)C(=O)Nc2ccc(C(F)(F)F)cc2)cc1. The summed E-state index contributed by atoms with van der Waals surface area (Å²) >= 11 is 0. The molecule has 1 N–H and O–H groups in total. The minimum absolute atomic E-state index is 0.0259. The van der Waals surface area contributed by atoms with E-state index in [0.717, 1.165) is 24.3 Å². The molecule has 27 heavy (non-hydrogen) atoms. The molecule has 0 unspecified atom stereocenters. The van der Waals surface area contributed by atoms with Crippen molar-refractivity contribution in [1.82, 2.24) is 0 Å². The summed E-state index contributed by atoms with van der Waals surface area (Å²) in [4.78, 5) is 24.0. The quantitative estimate of drug-likeness (QED) is 0.773. The number of esters is 1.